The van der Waals surface area contributed by atoms with Crippen LogP contribution in [0.5, 0.6) is 5.75 Å². The van der Waals surface area contributed by atoms with Gasteiger partial charge in [0.05, 0.1) is 18.5 Å². The molecule has 1 rings (SSSR count). The molecule has 0 heterocycles. The molecule has 0 aromatic heterocycles. The highest BCUT2D eigenvalue weighted by Crippen LogP contribution is 2.27. The van der Waals surface area contributed by atoms with E-state index in [4.69, 9.17) is 10.5 Å². The number of hydrogen-bond acceptors (Lipinski definition) is 3. The zero-order chi connectivity index (χ0) is 9.14. The first-order valence-corrected chi connectivity index (χ1v) is 3.81. The molecule has 0 aliphatic rings. The van der Waals surface area contributed by atoms with Crippen molar-refractivity contribution in [1.29, 1.82) is 0 Å². The number of anilines is 2. The highest BCUT2D eigenvalue weighted by molar-refractivity contribution is 5.69. The molecule has 1 aromatic carbocycles. The molecule has 66 valence electrons. The van der Waals surface area contributed by atoms with Gasteiger partial charge >= 0.3 is 0 Å². The smallest absolute Gasteiger partial charge is 0.123 e. The summed E-state index contributed by atoms with van der Waals surface area (Å²) in [6, 6.07) is 3.79. The first-order valence-electron chi connectivity index (χ1n) is 3.81. The lowest BCUT2D eigenvalue weighted by Crippen LogP contribution is -1.98. The molecule has 0 saturated carbocycles. The topological polar surface area (TPSA) is 47.3 Å². The Morgan fingerprint density at radius 3 is 2.58 bits per heavy atom. The lowest BCUT2D eigenvalue weighted by Gasteiger charge is -2.10. The van der Waals surface area contributed by atoms with E-state index in [0.717, 1.165) is 22.7 Å². The van der Waals surface area contributed by atoms with Gasteiger partial charge in [0.25, 0.3) is 0 Å². The predicted molar refractivity (Wildman–Crippen MR) is 51.7 cm³/mol. The van der Waals surface area contributed by atoms with Crippen LogP contribution in [0.25, 0.3) is 0 Å². The number of hydrogen-bond donors (Lipinski definition) is 2. The summed E-state index contributed by atoms with van der Waals surface area (Å²) in [5.74, 6) is 0.855. The fraction of sp³-hybridized carbons (Fsp3) is 0.333. The molecule has 0 amide bonds. The summed E-state index contributed by atoms with van der Waals surface area (Å²) < 4.78 is 5.15. The maximum Gasteiger partial charge on any atom is 0.123 e. The Labute approximate surface area is 72.5 Å². The van der Waals surface area contributed by atoms with Crippen LogP contribution >= 0.6 is 0 Å². The molecule has 0 saturated heterocycles. The van der Waals surface area contributed by atoms with Gasteiger partial charge in [-0.1, -0.05) is 0 Å². The van der Waals surface area contributed by atoms with Crippen LogP contribution in [0, 0.1) is 6.92 Å². The second-order valence-electron chi connectivity index (χ2n) is 2.66. The zero-order valence-corrected chi connectivity index (χ0v) is 7.64. The Bertz CT molecular complexity index is 259. The third kappa shape index (κ3) is 1.44. The summed E-state index contributed by atoms with van der Waals surface area (Å²) in [6.45, 7) is 1.97. The standard InChI is InChI=1S/C9H14N2O/c1-6-4-7(10)8(11-2)5-9(6)12-3/h4-5,11H,10H2,1-3H3. The minimum Gasteiger partial charge on any atom is -0.496 e. The minimum atomic E-state index is 0.746. The van der Waals surface area contributed by atoms with Crippen molar-refractivity contribution in [3.05, 3.63) is 17.7 Å². The summed E-state index contributed by atoms with van der Waals surface area (Å²) in [5, 5.41) is 2.99. The maximum atomic E-state index is 5.74. The Hall–Kier alpha value is -1.38. The van der Waals surface area contributed by atoms with Crippen molar-refractivity contribution in [2.45, 2.75) is 6.92 Å². The molecule has 0 spiro atoms. The summed E-state index contributed by atoms with van der Waals surface area (Å²) in [6.07, 6.45) is 0. The van der Waals surface area contributed by atoms with Gasteiger partial charge in [0.2, 0.25) is 0 Å². The fourth-order valence-electron chi connectivity index (χ4n) is 1.15. The second-order valence-corrected chi connectivity index (χ2v) is 2.66. The molecule has 0 fully saturated rings. The van der Waals surface area contributed by atoms with Crippen LogP contribution in [0.15, 0.2) is 12.1 Å². The van der Waals surface area contributed by atoms with Gasteiger partial charge < -0.3 is 15.8 Å². The van der Waals surface area contributed by atoms with Crippen molar-refractivity contribution < 1.29 is 4.74 Å². The first-order chi connectivity index (χ1) is 5.69. The molecule has 1 aromatic rings. The van der Waals surface area contributed by atoms with Crippen LogP contribution < -0.4 is 15.8 Å². The van der Waals surface area contributed by atoms with Crippen LogP contribution in [0.2, 0.25) is 0 Å². The lowest BCUT2D eigenvalue weighted by atomic mass is 10.1. The van der Waals surface area contributed by atoms with Gasteiger partial charge in [-0.25, -0.2) is 0 Å². The van der Waals surface area contributed by atoms with E-state index in [2.05, 4.69) is 5.32 Å². The molecule has 0 aliphatic heterocycles. The highest BCUT2D eigenvalue weighted by atomic mass is 16.5. The zero-order valence-electron chi connectivity index (χ0n) is 7.64. The van der Waals surface area contributed by atoms with E-state index < -0.39 is 0 Å². The van der Waals surface area contributed by atoms with Crippen LogP contribution in [-0.2, 0) is 0 Å². The van der Waals surface area contributed by atoms with Gasteiger partial charge in [-0.15, -0.1) is 0 Å². The van der Waals surface area contributed by atoms with E-state index in [-0.39, 0.29) is 0 Å². The number of methoxy groups -OCH3 is 1. The van der Waals surface area contributed by atoms with Crippen molar-refractivity contribution in [2.75, 3.05) is 25.2 Å². The number of benzene rings is 1. The van der Waals surface area contributed by atoms with Crippen molar-refractivity contribution in [3.8, 4) is 5.75 Å². The third-order valence-electron chi connectivity index (χ3n) is 1.84. The number of rotatable bonds is 2. The van der Waals surface area contributed by atoms with Gasteiger partial charge in [0.15, 0.2) is 0 Å². The van der Waals surface area contributed by atoms with E-state index >= 15 is 0 Å². The van der Waals surface area contributed by atoms with Crippen molar-refractivity contribution in [1.82, 2.24) is 0 Å². The number of nitrogens with one attached hydrogen (secondary N) is 1. The van der Waals surface area contributed by atoms with Crippen LogP contribution in [0.1, 0.15) is 5.56 Å². The summed E-state index contributed by atoms with van der Waals surface area (Å²) in [5.41, 5.74) is 8.43. The maximum absolute atomic E-state index is 5.74. The lowest BCUT2D eigenvalue weighted by molar-refractivity contribution is 0.412. The van der Waals surface area contributed by atoms with Crippen molar-refractivity contribution >= 4 is 11.4 Å². The molecule has 12 heavy (non-hydrogen) atoms. The molecule has 0 radical (unpaired) electrons. The molecule has 0 atom stereocenters. The largest absolute Gasteiger partial charge is 0.496 e. The molecule has 3 heteroatoms. The highest BCUT2D eigenvalue weighted by Gasteiger charge is 2.02. The van der Waals surface area contributed by atoms with Crippen molar-refractivity contribution in [3.63, 3.8) is 0 Å². The van der Waals surface area contributed by atoms with Crippen molar-refractivity contribution in [2.24, 2.45) is 0 Å². The van der Waals surface area contributed by atoms with Gasteiger partial charge in [0, 0.05) is 13.1 Å². The quantitative estimate of drug-likeness (QED) is 0.656. The minimum absolute atomic E-state index is 0.746. The van der Waals surface area contributed by atoms with Crippen LogP contribution in [0.4, 0.5) is 11.4 Å². The molecule has 0 bridgehead atoms. The van der Waals surface area contributed by atoms with Gasteiger partial charge in [-0.2, -0.15) is 0 Å². The summed E-state index contributed by atoms with van der Waals surface area (Å²) >= 11 is 0. The molecular formula is C9H14N2O. The summed E-state index contributed by atoms with van der Waals surface area (Å²) in [7, 11) is 3.48. The number of nitrogens with two attached hydrogens (primary N) is 1. The molecule has 0 aliphatic carbocycles. The Kier molecular flexibility index (Phi) is 2.43. The molecule has 3 N–H and O–H groups in total. The first kappa shape index (κ1) is 8.71. The average molecular weight is 166 g/mol. The van der Waals surface area contributed by atoms with Gasteiger partial charge in [-0.05, 0) is 18.6 Å². The molecular weight excluding hydrogens is 152 g/mol. The molecule has 0 unspecified atom stereocenters. The number of ether oxygens (including phenoxy) is 1. The molecule has 3 nitrogen and oxygen atoms in total. The van der Waals surface area contributed by atoms with Crippen LogP contribution in [0.3, 0.4) is 0 Å². The Balaban J connectivity index is 3.18. The second kappa shape index (κ2) is 3.34. The average Bonchev–Trinajstić information content (AvgIpc) is 2.05. The Morgan fingerprint density at radius 2 is 2.08 bits per heavy atom. The SMILES string of the molecule is CNc1cc(OC)c(C)cc1N. The van der Waals surface area contributed by atoms with Gasteiger partial charge in [-0.3, -0.25) is 0 Å². The van der Waals surface area contributed by atoms with E-state index in [1.807, 2.05) is 26.1 Å². The van der Waals surface area contributed by atoms with Gasteiger partial charge in [0.1, 0.15) is 5.75 Å². The third-order valence-corrected chi connectivity index (χ3v) is 1.84. The monoisotopic (exact) mass is 166 g/mol. The summed E-state index contributed by atoms with van der Waals surface area (Å²) in [4.78, 5) is 0. The van der Waals surface area contributed by atoms with E-state index in [1.54, 1.807) is 7.11 Å². The number of nitrogen functional groups attached to an aromatic ring is 1. The fourth-order valence-corrected chi connectivity index (χ4v) is 1.15. The predicted octanol–water partition coefficient (Wildman–Crippen LogP) is 1.63. The van der Waals surface area contributed by atoms with E-state index in [0.29, 0.717) is 0 Å². The van der Waals surface area contributed by atoms with E-state index in [1.165, 1.54) is 0 Å². The Morgan fingerprint density at radius 1 is 1.42 bits per heavy atom. The van der Waals surface area contributed by atoms with Crippen LogP contribution in [-0.4, -0.2) is 14.2 Å². The number of aryl methyl sites for hydroxylation is 1. The van der Waals surface area contributed by atoms with E-state index in [9.17, 15) is 0 Å². The normalized spacial score (nSPS) is 9.58.